The van der Waals surface area contributed by atoms with Gasteiger partial charge in [0, 0.05) is 18.8 Å². The van der Waals surface area contributed by atoms with Crippen LogP contribution in [0.5, 0.6) is 0 Å². The van der Waals surface area contributed by atoms with Gasteiger partial charge in [0.2, 0.25) is 5.91 Å². The number of amides is 1. The van der Waals surface area contributed by atoms with Gasteiger partial charge in [-0.25, -0.2) is 4.79 Å². The molecule has 5 nitrogen and oxygen atoms in total. The van der Waals surface area contributed by atoms with Gasteiger partial charge in [-0.3, -0.25) is 4.79 Å². The highest BCUT2D eigenvalue weighted by molar-refractivity contribution is 5.87. The predicted molar refractivity (Wildman–Crippen MR) is 78.1 cm³/mol. The lowest BCUT2D eigenvalue weighted by atomic mass is 9.96. The molecule has 1 atom stereocenters. The highest BCUT2D eigenvalue weighted by Crippen LogP contribution is 2.35. The molecule has 21 heavy (non-hydrogen) atoms. The zero-order valence-electron chi connectivity index (χ0n) is 12.2. The average Bonchev–Trinajstić information content (AvgIpc) is 3.19. The maximum Gasteiger partial charge on any atom is 0.352 e. The average molecular weight is 290 g/mol. The van der Waals surface area contributed by atoms with Crippen LogP contribution in [-0.4, -0.2) is 39.0 Å². The van der Waals surface area contributed by atoms with E-state index in [0.717, 1.165) is 19.4 Å². The summed E-state index contributed by atoms with van der Waals surface area (Å²) in [5.41, 5.74) is 0.181. The van der Waals surface area contributed by atoms with Crippen LogP contribution in [0.15, 0.2) is 18.3 Å². The standard InChI is InChI=1S/C16H22N2O3/c19-15(11-17-9-3-8-14(17)16(20)21)18-10-4-7-13(18)12-5-1-2-6-12/h3,8-9,12-13H,1-2,4-7,10-11H2,(H,20,21). The monoisotopic (exact) mass is 290 g/mol. The van der Waals surface area contributed by atoms with Gasteiger partial charge < -0.3 is 14.6 Å². The summed E-state index contributed by atoms with van der Waals surface area (Å²) >= 11 is 0. The van der Waals surface area contributed by atoms with E-state index >= 15 is 0 Å². The fraction of sp³-hybridized carbons (Fsp3) is 0.625. The van der Waals surface area contributed by atoms with Crippen LogP contribution >= 0.6 is 0 Å². The largest absolute Gasteiger partial charge is 0.477 e. The van der Waals surface area contributed by atoms with Crippen LogP contribution in [0.25, 0.3) is 0 Å². The number of likely N-dealkylation sites (tertiary alicyclic amines) is 1. The van der Waals surface area contributed by atoms with E-state index in [1.807, 2.05) is 4.90 Å². The van der Waals surface area contributed by atoms with Gasteiger partial charge in [-0.1, -0.05) is 12.8 Å². The van der Waals surface area contributed by atoms with E-state index in [0.29, 0.717) is 12.0 Å². The maximum absolute atomic E-state index is 12.6. The van der Waals surface area contributed by atoms with Gasteiger partial charge in [0.05, 0.1) is 0 Å². The molecule has 0 aromatic carbocycles. The van der Waals surface area contributed by atoms with Crippen LogP contribution in [0.1, 0.15) is 49.0 Å². The first-order valence-electron chi connectivity index (χ1n) is 7.84. The Hall–Kier alpha value is -1.78. The molecule has 1 saturated heterocycles. The molecule has 2 aliphatic rings. The van der Waals surface area contributed by atoms with Gasteiger partial charge in [-0.05, 0) is 43.7 Å². The molecule has 1 N–H and O–H groups in total. The summed E-state index contributed by atoms with van der Waals surface area (Å²) in [7, 11) is 0. The molecule has 1 saturated carbocycles. The molecule has 0 bridgehead atoms. The minimum Gasteiger partial charge on any atom is -0.477 e. The summed E-state index contributed by atoms with van der Waals surface area (Å²) in [5, 5.41) is 9.11. The molecule has 1 unspecified atom stereocenters. The Morgan fingerprint density at radius 2 is 1.95 bits per heavy atom. The number of nitrogens with zero attached hydrogens (tertiary/aromatic N) is 2. The van der Waals surface area contributed by atoms with Crippen LogP contribution in [0.3, 0.4) is 0 Å². The second-order valence-corrected chi connectivity index (χ2v) is 6.17. The Balaban J connectivity index is 1.69. The van der Waals surface area contributed by atoms with Gasteiger partial charge in [-0.2, -0.15) is 0 Å². The van der Waals surface area contributed by atoms with E-state index in [1.54, 1.807) is 12.3 Å². The normalized spacial score (nSPS) is 22.9. The highest BCUT2D eigenvalue weighted by Gasteiger charge is 2.35. The quantitative estimate of drug-likeness (QED) is 0.926. The summed E-state index contributed by atoms with van der Waals surface area (Å²) in [5.74, 6) is -0.273. The molecule has 3 rings (SSSR count). The molecular formula is C16H22N2O3. The summed E-state index contributed by atoms with van der Waals surface area (Å²) in [6, 6.07) is 3.59. The van der Waals surface area contributed by atoms with Crippen molar-refractivity contribution in [3.05, 3.63) is 24.0 Å². The zero-order valence-corrected chi connectivity index (χ0v) is 12.2. The molecule has 2 fully saturated rings. The molecule has 0 spiro atoms. The fourth-order valence-corrected chi connectivity index (χ4v) is 3.92. The third-order valence-corrected chi connectivity index (χ3v) is 4.92. The number of aromatic carboxylic acids is 1. The number of carbonyl (C=O) groups is 2. The van der Waals surface area contributed by atoms with Crippen LogP contribution in [0, 0.1) is 5.92 Å². The van der Waals surface area contributed by atoms with Crippen molar-refractivity contribution < 1.29 is 14.7 Å². The van der Waals surface area contributed by atoms with Crippen molar-refractivity contribution in [1.29, 1.82) is 0 Å². The van der Waals surface area contributed by atoms with Crippen LogP contribution < -0.4 is 0 Å². The molecule has 1 aliphatic carbocycles. The Kier molecular flexibility index (Phi) is 3.99. The topological polar surface area (TPSA) is 62.5 Å². The van der Waals surface area contributed by atoms with E-state index in [1.165, 1.54) is 36.3 Å². The minimum atomic E-state index is -0.985. The molecule has 1 aromatic rings. The van der Waals surface area contributed by atoms with E-state index in [9.17, 15) is 9.59 Å². The molecule has 1 amide bonds. The van der Waals surface area contributed by atoms with Gasteiger partial charge in [0.15, 0.2) is 0 Å². The number of hydrogen-bond donors (Lipinski definition) is 1. The number of rotatable bonds is 4. The van der Waals surface area contributed by atoms with Crippen molar-refractivity contribution >= 4 is 11.9 Å². The molecule has 0 radical (unpaired) electrons. The van der Waals surface area contributed by atoms with Crippen LogP contribution in [-0.2, 0) is 11.3 Å². The minimum absolute atomic E-state index is 0.0584. The second-order valence-electron chi connectivity index (χ2n) is 6.17. The SMILES string of the molecule is O=C(O)c1cccn1CC(=O)N1CCCC1C1CCCC1. The number of carboxylic acid groups (broad SMARTS) is 1. The van der Waals surface area contributed by atoms with E-state index in [4.69, 9.17) is 5.11 Å². The van der Waals surface area contributed by atoms with E-state index in [-0.39, 0.29) is 18.1 Å². The lowest BCUT2D eigenvalue weighted by Crippen LogP contribution is -2.41. The molecular weight excluding hydrogens is 268 g/mol. The third-order valence-electron chi connectivity index (χ3n) is 4.92. The molecule has 1 aliphatic heterocycles. The van der Waals surface area contributed by atoms with E-state index < -0.39 is 5.97 Å². The zero-order chi connectivity index (χ0) is 14.8. The fourth-order valence-electron chi connectivity index (χ4n) is 3.92. The number of hydrogen-bond acceptors (Lipinski definition) is 2. The summed E-state index contributed by atoms with van der Waals surface area (Å²) in [6.45, 7) is 0.960. The number of aromatic nitrogens is 1. The van der Waals surface area contributed by atoms with Crippen molar-refractivity contribution in [2.75, 3.05) is 6.54 Å². The van der Waals surface area contributed by atoms with Crippen LogP contribution in [0.2, 0.25) is 0 Å². The summed E-state index contributed by atoms with van der Waals surface area (Å²) < 4.78 is 1.54. The van der Waals surface area contributed by atoms with Crippen LogP contribution in [0.4, 0.5) is 0 Å². The second kappa shape index (κ2) is 5.92. The number of carbonyl (C=O) groups excluding carboxylic acids is 1. The first-order chi connectivity index (χ1) is 10.2. The lowest BCUT2D eigenvalue weighted by Gasteiger charge is -2.29. The molecule has 5 heteroatoms. The first-order valence-corrected chi connectivity index (χ1v) is 7.84. The summed E-state index contributed by atoms with van der Waals surface area (Å²) in [4.78, 5) is 25.7. The van der Waals surface area contributed by atoms with Crippen molar-refractivity contribution in [2.45, 2.75) is 51.1 Å². The lowest BCUT2D eigenvalue weighted by molar-refractivity contribution is -0.133. The van der Waals surface area contributed by atoms with Gasteiger partial charge in [0.1, 0.15) is 12.2 Å². The Bertz CT molecular complexity index is 531. The third kappa shape index (κ3) is 2.82. The van der Waals surface area contributed by atoms with Crippen molar-refractivity contribution in [3.63, 3.8) is 0 Å². The maximum atomic E-state index is 12.6. The Labute approximate surface area is 124 Å². The molecule has 1 aromatic heterocycles. The first kappa shape index (κ1) is 14.2. The van der Waals surface area contributed by atoms with Gasteiger partial charge in [0.25, 0.3) is 0 Å². The number of carboxylic acids is 1. The molecule has 114 valence electrons. The Morgan fingerprint density at radius 1 is 1.19 bits per heavy atom. The smallest absolute Gasteiger partial charge is 0.352 e. The summed E-state index contributed by atoms with van der Waals surface area (Å²) in [6.07, 6.45) is 8.88. The highest BCUT2D eigenvalue weighted by atomic mass is 16.4. The predicted octanol–water partition coefficient (Wildman–Crippen LogP) is 2.37. The Morgan fingerprint density at radius 3 is 2.67 bits per heavy atom. The van der Waals surface area contributed by atoms with Crippen molar-refractivity contribution in [3.8, 4) is 0 Å². The van der Waals surface area contributed by atoms with Crippen molar-refractivity contribution in [1.82, 2.24) is 9.47 Å². The van der Waals surface area contributed by atoms with Crippen molar-refractivity contribution in [2.24, 2.45) is 5.92 Å². The molecule has 2 heterocycles. The van der Waals surface area contributed by atoms with Gasteiger partial charge in [-0.15, -0.1) is 0 Å². The van der Waals surface area contributed by atoms with E-state index in [2.05, 4.69) is 0 Å². The van der Waals surface area contributed by atoms with Gasteiger partial charge >= 0.3 is 5.97 Å².